The number of methoxy groups -OCH3 is 1. The fourth-order valence-electron chi connectivity index (χ4n) is 3.88. The van der Waals surface area contributed by atoms with Crippen LogP contribution in [-0.4, -0.2) is 48.3 Å². The van der Waals surface area contributed by atoms with Crippen LogP contribution in [-0.2, 0) is 4.74 Å². The second-order valence-electron chi connectivity index (χ2n) is 6.19. The monoisotopic (exact) mass is 312 g/mol. The van der Waals surface area contributed by atoms with Gasteiger partial charge in [-0.05, 0) is 38.3 Å². The van der Waals surface area contributed by atoms with E-state index in [1.54, 1.807) is 7.11 Å². The first-order valence-electron chi connectivity index (χ1n) is 7.77. The number of hydrogen-bond acceptors (Lipinski definition) is 4. The Morgan fingerprint density at radius 2 is 2.32 bits per heavy atom. The molecule has 3 heterocycles. The molecule has 1 aromatic rings. The van der Waals surface area contributed by atoms with E-state index in [2.05, 4.69) is 9.88 Å². The summed E-state index contributed by atoms with van der Waals surface area (Å²) in [5, 5.41) is 0. The minimum Gasteiger partial charge on any atom is -0.476 e. The Morgan fingerprint density at radius 1 is 1.45 bits per heavy atom. The molecule has 0 radical (unpaired) electrons. The van der Waals surface area contributed by atoms with Gasteiger partial charge >= 0.3 is 0 Å². The van der Waals surface area contributed by atoms with E-state index in [4.69, 9.17) is 9.47 Å². The Hall–Kier alpha value is -1.27. The highest BCUT2D eigenvalue weighted by atomic mass is 19.3. The molecule has 0 saturated carbocycles. The van der Waals surface area contributed by atoms with Crippen LogP contribution in [0, 0.1) is 0 Å². The Bertz CT molecular complexity index is 515. The van der Waals surface area contributed by atoms with Crippen molar-refractivity contribution in [1.29, 1.82) is 0 Å². The van der Waals surface area contributed by atoms with E-state index < -0.39 is 6.43 Å². The van der Waals surface area contributed by atoms with Crippen molar-refractivity contribution >= 4 is 0 Å². The van der Waals surface area contributed by atoms with E-state index in [9.17, 15) is 8.78 Å². The molecule has 2 saturated heterocycles. The van der Waals surface area contributed by atoms with E-state index in [-0.39, 0.29) is 17.0 Å². The third-order valence-electron chi connectivity index (χ3n) is 4.88. The van der Waals surface area contributed by atoms with E-state index in [1.165, 1.54) is 24.8 Å². The van der Waals surface area contributed by atoms with Crippen molar-refractivity contribution in [3.05, 3.63) is 23.9 Å². The first kappa shape index (κ1) is 15.6. The predicted octanol–water partition coefficient (Wildman–Crippen LogP) is 3.04. The molecule has 22 heavy (non-hydrogen) atoms. The number of aromatic nitrogens is 1. The van der Waals surface area contributed by atoms with Crippen molar-refractivity contribution < 1.29 is 18.3 Å². The van der Waals surface area contributed by atoms with Gasteiger partial charge in [-0.25, -0.2) is 13.8 Å². The SMILES string of the molecule is COC[C@@]12CCCN1[C@H](COc1cc(C(F)F)ccn1)CC2. The van der Waals surface area contributed by atoms with Crippen molar-refractivity contribution in [1.82, 2.24) is 9.88 Å². The molecule has 0 bridgehead atoms. The van der Waals surface area contributed by atoms with E-state index in [0.717, 1.165) is 32.4 Å². The van der Waals surface area contributed by atoms with Gasteiger partial charge in [0.15, 0.2) is 0 Å². The van der Waals surface area contributed by atoms with Gasteiger partial charge < -0.3 is 9.47 Å². The maximum Gasteiger partial charge on any atom is 0.264 e. The fourth-order valence-corrected chi connectivity index (χ4v) is 3.88. The van der Waals surface area contributed by atoms with Gasteiger partial charge in [0.1, 0.15) is 6.61 Å². The Labute approximate surface area is 129 Å². The lowest BCUT2D eigenvalue weighted by Crippen LogP contribution is -2.47. The van der Waals surface area contributed by atoms with Gasteiger partial charge in [0.05, 0.1) is 6.61 Å². The zero-order valence-electron chi connectivity index (χ0n) is 12.8. The first-order chi connectivity index (χ1) is 10.6. The average Bonchev–Trinajstić information content (AvgIpc) is 3.05. The molecule has 2 fully saturated rings. The van der Waals surface area contributed by atoms with Crippen LogP contribution in [0.1, 0.15) is 37.7 Å². The Kier molecular flexibility index (Phi) is 4.59. The molecule has 122 valence electrons. The summed E-state index contributed by atoms with van der Waals surface area (Å²) in [5.41, 5.74) is 0.104. The van der Waals surface area contributed by atoms with Crippen LogP contribution in [0.2, 0.25) is 0 Å². The number of ether oxygens (including phenoxy) is 2. The minimum atomic E-state index is -2.50. The quantitative estimate of drug-likeness (QED) is 0.808. The maximum absolute atomic E-state index is 12.7. The molecular formula is C16H22F2N2O2. The Balaban J connectivity index is 1.61. The standard InChI is InChI=1S/C16H22F2N2O2/c1-21-11-16-5-2-8-20(16)13(3-6-16)10-22-14-9-12(15(17)18)4-7-19-14/h4,7,9,13,15H,2-3,5-6,8,10-11H2,1H3/t13-,16-/m0/s1. The van der Waals surface area contributed by atoms with Crippen LogP contribution in [0.5, 0.6) is 5.88 Å². The van der Waals surface area contributed by atoms with Gasteiger partial charge in [-0.15, -0.1) is 0 Å². The van der Waals surface area contributed by atoms with Crippen LogP contribution >= 0.6 is 0 Å². The molecule has 2 aliphatic heterocycles. The average molecular weight is 312 g/mol. The van der Waals surface area contributed by atoms with Crippen LogP contribution in [0.25, 0.3) is 0 Å². The van der Waals surface area contributed by atoms with Gasteiger partial charge in [0.25, 0.3) is 6.43 Å². The molecule has 0 spiro atoms. The molecule has 0 unspecified atom stereocenters. The van der Waals surface area contributed by atoms with Crippen molar-refractivity contribution in [2.24, 2.45) is 0 Å². The lowest BCUT2D eigenvalue weighted by Gasteiger charge is -2.34. The smallest absolute Gasteiger partial charge is 0.264 e. The number of hydrogen-bond donors (Lipinski definition) is 0. The van der Waals surface area contributed by atoms with Crippen LogP contribution in [0.3, 0.4) is 0 Å². The molecule has 0 aromatic carbocycles. The molecule has 0 aliphatic carbocycles. The minimum absolute atomic E-state index is 0.0497. The molecule has 6 heteroatoms. The number of pyridine rings is 1. The maximum atomic E-state index is 12.7. The summed E-state index contributed by atoms with van der Waals surface area (Å²) >= 11 is 0. The second-order valence-corrected chi connectivity index (χ2v) is 6.19. The highest BCUT2D eigenvalue weighted by Crippen LogP contribution is 2.42. The normalized spacial score (nSPS) is 28.3. The van der Waals surface area contributed by atoms with Crippen molar-refractivity contribution in [2.45, 2.75) is 43.7 Å². The number of rotatable bonds is 6. The van der Waals surface area contributed by atoms with Gasteiger partial charge in [0, 0.05) is 36.5 Å². The van der Waals surface area contributed by atoms with Crippen LogP contribution in [0.15, 0.2) is 18.3 Å². The zero-order chi connectivity index (χ0) is 15.6. The van der Waals surface area contributed by atoms with E-state index >= 15 is 0 Å². The lowest BCUT2D eigenvalue weighted by atomic mass is 9.95. The molecule has 0 amide bonds. The predicted molar refractivity (Wildman–Crippen MR) is 78.3 cm³/mol. The summed E-state index contributed by atoms with van der Waals surface area (Å²) in [4.78, 5) is 6.50. The van der Waals surface area contributed by atoms with E-state index in [1.807, 2.05) is 0 Å². The number of halogens is 2. The number of alkyl halides is 2. The summed E-state index contributed by atoms with van der Waals surface area (Å²) in [7, 11) is 1.74. The summed E-state index contributed by atoms with van der Waals surface area (Å²) < 4.78 is 36.5. The molecular weight excluding hydrogens is 290 g/mol. The van der Waals surface area contributed by atoms with Crippen LogP contribution in [0.4, 0.5) is 8.78 Å². The number of fused-ring (bicyclic) bond motifs is 1. The van der Waals surface area contributed by atoms with Crippen LogP contribution < -0.4 is 4.74 Å². The molecule has 4 nitrogen and oxygen atoms in total. The van der Waals surface area contributed by atoms with Crippen molar-refractivity contribution in [2.75, 3.05) is 26.9 Å². The van der Waals surface area contributed by atoms with Gasteiger partial charge in [-0.1, -0.05) is 0 Å². The summed E-state index contributed by atoms with van der Waals surface area (Å²) in [6.07, 6.45) is 3.38. The van der Waals surface area contributed by atoms with Gasteiger partial charge in [0.2, 0.25) is 5.88 Å². The lowest BCUT2D eigenvalue weighted by molar-refractivity contribution is 0.0396. The molecule has 2 atom stereocenters. The second kappa shape index (κ2) is 6.46. The summed E-state index contributed by atoms with van der Waals surface area (Å²) in [6.45, 7) is 2.30. The summed E-state index contributed by atoms with van der Waals surface area (Å²) in [6, 6.07) is 2.96. The molecule has 0 N–H and O–H groups in total. The summed E-state index contributed by atoms with van der Waals surface area (Å²) in [5.74, 6) is 0.279. The Morgan fingerprint density at radius 3 is 3.09 bits per heavy atom. The van der Waals surface area contributed by atoms with Crippen molar-refractivity contribution in [3.63, 3.8) is 0 Å². The van der Waals surface area contributed by atoms with E-state index in [0.29, 0.717) is 12.6 Å². The number of nitrogens with zero attached hydrogens (tertiary/aromatic N) is 2. The zero-order valence-corrected chi connectivity index (χ0v) is 12.8. The third kappa shape index (κ3) is 2.94. The fraction of sp³-hybridized carbons (Fsp3) is 0.688. The highest BCUT2D eigenvalue weighted by Gasteiger charge is 2.49. The first-order valence-corrected chi connectivity index (χ1v) is 7.77. The third-order valence-corrected chi connectivity index (χ3v) is 4.88. The molecule has 3 rings (SSSR count). The molecule has 2 aliphatic rings. The van der Waals surface area contributed by atoms with Gasteiger partial charge in [-0.3, -0.25) is 4.90 Å². The largest absolute Gasteiger partial charge is 0.476 e. The topological polar surface area (TPSA) is 34.6 Å². The highest BCUT2D eigenvalue weighted by molar-refractivity contribution is 5.21. The van der Waals surface area contributed by atoms with Crippen molar-refractivity contribution in [3.8, 4) is 5.88 Å². The van der Waals surface area contributed by atoms with Gasteiger partial charge in [-0.2, -0.15) is 0 Å². The molecule has 1 aromatic heterocycles.